The van der Waals surface area contributed by atoms with E-state index in [2.05, 4.69) is 20.8 Å². The summed E-state index contributed by atoms with van der Waals surface area (Å²) in [7, 11) is 1.46. The summed E-state index contributed by atoms with van der Waals surface area (Å²) in [4.78, 5) is 16.3. The molecule has 1 unspecified atom stereocenters. The molecule has 1 saturated carbocycles. The molecule has 3 nitrogen and oxygen atoms in total. The van der Waals surface area contributed by atoms with E-state index in [0.717, 1.165) is 12.8 Å². The van der Waals surface area contributed by atoms with E-state index in [-0.39, 0.29) is 11.5 Å². The van der Waals surface area contributed by atoms with Crippen LogP contribution < -0.4 is 0 Å². The number of ether oxygens (including phenoxy) is 1. The predicted molar refractivity (Wildman–Crippen MR) is 77.4 cm³/mol. The molecule has 0 aromatic heterocycles. The van der Waals surface area contributed by atoms with Gasteiger partial charge >= 0.3 is 5.97 Å². The van der Waals surface area contributed by atoms with Gasteiger partial charge in [0.1, 0.15) is 0 Å². The molecule has 19 heavy (non-hydrogen) atoms. The van der Waals surface area contributed by atoms with Crippen LogP contribution in [0.1, 0.15) is 59.3 Å². The van der Waals surface area contributed by atoms with Gasteiger partial charge in [-0.2, -0.15) is 0 Å². The third-order valence-corrected chi connectivity index (χ3v) is 3.94. The number of fused-ring (bicyclic) bond motifs is 1. The summed E-state index contributed by atoms with van der Waals surface area (Å²) in [5.41, 5.74) is 4.15. The molecule has 0 bridgehead atoms. The highest BCUT2D eigenvalue weighted by Gasteiger charge is 2.34. The van der Waals surface area contributed by atoms with Crippen molar-refractivity contribution in [1.82, 2.24) is 0 Å². The normalized spacial score (nSPS) is 25.1. The molecule has 0 N–H and O–H groups in total. The number of aliphatic imine (C=N–C) groups is 1. The van der Waals surface area contributed by atoms with E-state index in [4.69, 9.17) is 9.73 Å². The maximum absolute atomic E-state index is 11.4. The number of methoxy groups -OCH3 is 1. The number of rotatable bonds is 3. The molecule has 0 aromatic carbocycles. The van der Waals surface area contributed by atoms with Gasteiger partial charge in [-0.15, -0.1) is 0 Å². The molecule has 0 aromatic rings. The van der Waals surface area contributed by atoms with Gasteiger partial charge in [0.15, 0.2) is 0 Å². The predicted octanol–water partition coefficient (Wildman–Crippen LogP) is 3.68. The summed E-state index contributed by atoms with van der Waals surface area (Å²) in [5, 5.41) is 0. The zero-order valence-electron chi connectivity index (χ0n) is 12.6. The molecule has 0 aliphatic heterocycles. The minimum Gasteiger partial charge on any atom is -0.469 e. The van der Waals surface area contributed by atoms with Crippen LogP contribution in [0.2, 0.25) is 0 Å². The Balaban J connectivity index is 2.19. The number of hydrogen-bond acceptors (Lipinski definition) is 3. The number of allylic oxidation sites excluding steroid dienone is 2. The Hall–Kier alpha value is -1.12. The monoisotopic (exact) mass is 263 g/mol. The van der Waals surface area contributed by atoms with E-state index in [1.54, 1.807) is 5.57 Å². The molecule has 1 fully saturated rings. The first kappa shape index (κ1) is 14.3. The highest BCUT2D eigenvalue weighted by Crippen LogP contribution is 2.44. The van der Waals surface area contributed by atoms with Crippen molar-refractivity contribution in [2.45, 2.75) is 64.8 Å². The van der Waals surface area contributed by atoms with Gasteiger partial charge in [-0.3, -0.25) is 9.79 Å². The largest absolute Gasteiger partial charge is 0.469 e. The Morgan fingerprint density at radius 1 is 1.42 bits per heavy atom. The molecule has 0 spiro atoms. The molecule has 2 aliphatic rings. The summed E-state index contributed by atoms with van der Waals surface area (Å²) >= 11 is 0. The van der Waals surface area contributed by atoms with Crippen LogP contribution in [0.15, 0.2) is 16.1 Å². The molecule has 2 rings (SSSR count). The van der Waals surface area contributed by atoms with Crippen molar-refractivity contribution < 1.29 is 9.53 Å². The van der Waals surface area contributed by atoms with Crippen molar-refractivity contribution in [1.29, 1.82) is 0 Å². The fourth-order valence-corrected chi connectivity index (χ4v) is 3.23. The van der Waals surface area contributed by atoms with Crippen molar-refractivity contribution >= 4 is 11.7 Å². The van der Waals surface area contributed by atoms with Gasteiger partial charge in [-0.25, -0.2) is 0 Å². The lowest BCUT2D eigenvalue weighted by atomic mass is 10.0. The number of carbonyl (C=O) groups is 1. The molecule has 2 aliphatic carbocycles. The molecule has 106 valence electrons. The second kappa shape index (κ2) is 5.48. The fraction of sp³-hybridized carbons (Fsp3) is 0.750. The average Bonchev–Trinajstić information content (AvgIpc) is 2.85. The topological polar surface area (TPSA) is 38.7 Å². The first-order valence-electron chi connectivity index (χ1n) is 7.28. The van der Waals surface area contributed by atoms with Gasteiger partial charge in [0.2, 0.25) is 0 Å². The molecule has 0 amide bonds. The van der Waals surface area contributed by atoms with Gasteiger partial charge in [-0.05, 0) is 64.4 Å². The van der Waals surface area contributed by atoms with Crippen LogP contribution in [0.3, 0.4) is 0 Å². The summed E-state index contributed by atoms with van der Waals surface area (Å²) in [6.45, 7) is 6.41. The van der Waals surface area contributed by atoms with Crippen molar-refractivity contribution in [3.05, 3.63) is 11.1 Å². The Bertz CT molecular complexity index is 427. The van der Waals surface area contributed by atoms with E-state index in [1.165, 1.54) is 37.7 Å². The lowest BCUT2D eigenvalue weighted by Crippen LogP contribution is -2.15. The molecular formula is C16H25NO2. The van der Waals surface area contributed by atoms with Gasteiger partial charge in [-0.1, -0.05) is 5.57 Å². The van der Waals surface area contributed by atoms with E-state index in [9.17, 15) is 4.79 Å². The maximum atomic E-state index is 11.4. The zero-order valence-corrected chi connectivity index (χ0v) is 12.6. The SMILES string of the molecule is COC(=O)CCC1=C2CCCC2CC1=NC(C)(C)C. The number of carbonyl (C=O) groups excluding carboxylic acids is 1. The van der Waals surface area contributed by atoms with Crippen LogP contribution in [-0.4, -0.2) is 24.3 Å². The van der Waals surface area contributed by atoms with Crippen LogP contribution in [0, 0.1) is 5.92 Å². The van der Waals surface area contributed by atoms with E-state index in [0.29, 0.717) is 12.3 Å². The third kappa shape index (κ3) is 3.46. The van der Waals surface area contributed by atoms with E-state index in [1.807, 2.05) is 0 Å². The van der Waals surface area contributed by atoms with Crippen LogP contribution in [-0.2, 0) is 9.53 Å². The summed E-state index contributed by atoms with van der Waals surface area (Å²) < 4.78 is 4.76. The quantitative estimate of drug-likeness (QED) is 0.729. The molecule has 0 heterocycles. The Labute approximate surface area is 116 Å². The highest BCUT2D eigenvalue weighted by molar-refractivity contribution is 6.04. The fourth-order valence-electron chi connectivity index (χ4n) is 3.23. The van der Waals surface area contributed by atoms with E-state index < -0.39 is 0 Å². The second-order valence-corrected chi connectivity index (χ2v) is 6.60. The lowest BCUT2D eigenvalue weighted by Gasteiger charge is -2.16. The minimum atomic E-state index is -0.121. The van der Waals surface area contributed by atoms with Crippen molar-refractivity contribution in [2.24, 2.45) is 10.9 Å². The summed E-state index contributed by atoms with van der Waals surface area (Å²) in [5.74, 6) is 0.582. The summed E-state index contributed by atoms with van der Waals surface area (Å²) in [6.07, 6.45) is 6.15. The van der Waals surface area contributed by atoms with Crippen LogP contribution >= 0.6 is 0 Å². The third-order valence-electron chi connectivity index (χ3n) is 3.94. The molecule has 1 atom stereocenters. The van der Waals surface area contributed by atoms with Crippen molar-refractivity contribution in [3.63, 3.8) is 0 Å². The Kier molecular flexibility index (Phi) is 4.12. The standard InChI is InChI=1S/C16H25NO2/c1-16(2,3)17-14-10-11-6-5-7-12(11)13(14)8-9-15(18)19-4/h11H,5-10H2,1-4H3. The van der Waals surface area contributed by atoms with Gasteiger partial charge in [0.25, 0.3) is 0 Å². The first-order chi connectivity index (χ1) is 8.90. The molecule has 3 heteroatoms. The molecular weight excluding hydrogens is 238 g/mol. The van der Waals surface area contributed by atoms with Crippen molar-refractivity contribution in [2.75, 3.05) is 7.11 Å². The average molecular weight is 263 g/mol. The maximum Gasteiger partial charge on any atom is 0.305 e. The highest BCUT2D eigenvalue weighted by atomic mass is 16.5. The molecule has 0 radical (unpaired) electrons. The first-order valence-corrected chi connectivity index (χ1v) is 7.28. The number of nitrogens with zero attached hydrogens (tertiary/aromatic N) is 1. The van der Waals surface area contributed by atoms with Crippen LogP contribution in [0.5, 0.6) is 0 Å². The minimum absolute atomic E-state index is 0.0367. The summed E-state index contributed by atoms with van der Waals surface area (Å²) in [6, 6.07) is 0. The lowest BCUT2D eigenvalue weighted by molar-refractivity contribution is -0.140. The zero-order chi connectivity index (χ0) is 14.0. The smallest absolute Gasteiger partial charge is 0.305 e. The number of hydrogen-bond donors (Lipinski definition) is 0. The Morgan fingerprint density at radius 2 is 2.16 bits per heavy atom. The second-order valence-electron chi connectivity index (χ2n) is 6.60. The van der Waals surface area contributed by atoms with Gasteiger partial charge in [0.05, 0.1) is 12.6 Å². The Morgan fingerprint density at radius 3 is 2.79 bits per heavy atom. The van der Waals surface area contributed by atoms with Crippen molar-refractivity contribution in [3.8, 4) is 0 Å². The van der Waals surface area contributed by atoms with E-state index >= 15 is 0 Å². The van der Waals surface area contributed by atoms with Gasteiger partial charge < -0.3 is 4.74 Å². The van der Waals surface area contributed by atoms with Crippen LogP contribution in [0.25, 0.3) is 0 Å². The number of esters is 1. The van der Waals surface area contributed by atoms with Crippen LogP contribution in [0.4, 0.5) is 0 Å². The molecule has 0 saturated heterocycles. The van der Waals surface area contributed by atoms with Gasteiger partial charge in [0, 0.05) is 12.1 Å².